The van der Waals surface area contributed by atoms with E-state index in [-0.39, 0.29) is 11.7 Å². The number of sulfonamides is 1. The summed E-state index contributed by atoms with van der Waals surface area (Å²) in [7, 11) is -3.19. The average molecular weight is 298 g/mol. The second-order valence-corrected chi connectivity index (χ2v) is 6.79. The van der Waals surface area contributed by atoms with E-state index >= 15 is 0 Å². The maximum Gasteiger partial charge on any atom is 0.274 e. The maximum absolute atomic E-state index is 12.2. The molecule has 2 heterocycles. The third-order valence-electron chi connectivity index (χ3n) is 3.28. The van der Waals surface area contributed by atoms with Crippen LogP contribution >= 0.6 is 0 Å². The molecule has 1 amide bonds. The Morgan fingerprint density at radius 2 is 2.05 bits per heavy atom. The van der Waals surface area contributed by atoms with Crippen LogP contribution in [0.15, 0.2) is 18.6 Å². The Morgan fingerprint density at radius 1 is 1.25 bits per heavy atom. The van der Waals surface area contributed by atoms with Crippen molar-refractivity contribution >= 4 is 15.9 Å². The van der Waals surface area contributed by atoms with E-state index in [1.807, 2.05) is 0 Å². The van der Waals surface area contributed by atoms with Crippen LogP contribution in [-0.4, -0.2) is 65.4 Å². The van der Waals surface area contributed by atoms with E-state index in [4.69, 9.17) is 0 Å². The van der Waals surface area contributed by atoms with Gasteiger partial charge in [0.1, 0.15) is 5.69 Å². The summed E-state index contributed by atoms with van der Waals surface area (Å²) in [6, 6.07) is 0. The minimum atomic E-state index is -3.19. The highest BCUT2D eigenvalue weighted by Crippen LogP contribution is 2.10. The summed E-state index contributed by atoms with van der Waals surface area (Å²) in [5, 5.41) is 0. The van der Waals surface area contributed by atoms with Crippen LogP contribution in [0, 0.1) is 0 Å². The highest BCUT2D eigenvalue weighted by Gasteiger charge is 2.26. The van der Waals surface area contributed by atoms with Crippen molar-refractivity contribution in [1.82, 2.24) is 19.2 Å². The van der Waals surface area contributed by atoms with Gasteiger partial charge in [0.15, 0.2) is 0 Å². The van der Waals surface area contributed by atoms with Crippen molar-refractivity contribution in [3.05, 3.63) is 24.3 Å². The number of carbonyl (C=O) groups is 1. The molecule has 2 rings (SSSR count). The lowest BCUT2D eigenvalue weighted by Gasteiger charge is -2.21. The van der Waals surface area contributed by atoms with Crippen LogP contribution in [0.2, 0.25) is 0 Å². The summed E-state index contributed by atoms with van der Waals surface area (Å²) in [6.45, 7) is 3.34. The van der Waals surface area contributed by atoms with Gasteiger partial charge in [-0.15, -0.1) is 0 Å². The molecule has 0 spiro atoms. The number of amides is 1. The van der Waals surface area contributed by atoms with Crippen molar-refractivity contribution in [2.75, 3.05) is 31.9 Å². The first-order valence-electron chi connectivity index (χ1n) is 6.57. The monoisotopic (exact) mass is 298 g/mol. The summed E-state index contributed by atoms with van der Waals surface area (Å²) >= 11 is 0. The molecule has 1 saturated heterocycles. The average Bonchev–Trinajstić information content (AvgIpc) is 2.74. The Hall–Kier alpha value is -1.54. The fourth-order valence-electron chi connectivity index (χ4n) is 2.13. The van der Waals surface area contributed by atoms with Gasteiger partial charge in [-0.2, -0.15) is 0 Å². The fraction of sp³-hybridized carbons (Fsp3) is 0.583. The summed E-state index contributed by atoms with van der Waals surface area (Å²) in [4.78, 5) is 21.7. The van der Waals surface area contributed by atoms with Crippen LogP contribution in [0.4, 0.5) is 0 Å². The van der Waals surface area contributed by atoms with Gasteiger partial charge in [-0.25, -0.2) is 17.7 Å². The van der Waals surface area contributed by atoms with E-state index in [1.54, 1.807) is 11.8 Å². The molecule has 1 aliphatic heterocycles. The molecule has 7 nitrogen and oxygen atoms in total. The molecule has 0 bridgehead atoms. The number of rotatable bonds is 3. The molecule has 0 saturated carbocycles. The minimum absolute atomic E-state index is 0.0884. The highest BCUT2D eigenvalue weighted by molar-refractivity contribution is 7.89. The normalized spacial score (nSPS) is 17.8. The van der Waals surface area contributed by atoms with E-state index in [1.165, 1.54) is 22.9 Å². The Balaban J connectivity index is 2.05. The number of nitrogens with zero attached hydrogens (tertiary/aromatic N) is 4. The SMILES string of the molecule is CCS(=O)(=O)N1CCCN(C(=O)c2cnccn2)CC1. The van der Waals surface area contributed by atoms with Crippen LogP contribution < -0.4 is 0 Å². The predicted molar refractivity (Wildman–Crippen MR) is 73.6 cm³/mol. The van der Waals surface area contributed by atoms with Gasteiger partial charge in [-0.1, -0.05) is 0 Å². The fourth-order valence-corrected chi connectivity index (χ4v) is 3.26. The molecule has 0 aliphatic carbocycles. The zero-order valence-electron chi connectivity index (χ0n) is 11.4. The van der Waals surface area contributed by atoms with Gasteiger partial charge in [0.05, 0.1) is 11.9 Å². The van der Waals surface area contributed by atoms with Gasteiger partial charge in [0.25, 0.3) is 5.91 Å². The van der Waals surface area contributed by atoms with Crippen LogP contribution in [0.25, 0.3) is 0 Å². The molecule has 1 aromatic heterocycles. The van der Waals surface area contributed by atoms with Crippen molar-refractivity contribution in [2.45, 2.75) is 13.3 Å². The van der Waals surface area contributed by atoms with Gasteiger partial charge in [-0.3, -0.25) is 9.78 Å². The van der Waals surface area contributed by atoms with Gasteiger partial charge in [0.2, 0.25) is 10.0 Å². The third-order valence-corrected chi connectivity index (χ3v) is 5.16. The van der Waals surface area contributed by atoms with Crippen molar-refractivity contribution in [2.24, 2.45) is 0 Å². The maximum atomic E-state index is 12.2. The van der Waals surface area contributed by atoms with Crippen LogP contribution in [0.5, 0.6) is 0 Å². The van der Waals surface area contributed by atoms with Crippen molar-refractivity contribution in [3.8, 4) is 0 Å². The van der Waals surface area contributed by atoms with Crippen molar-refractivity contribution < 1.29 is 13.2 Å². The van der Waals surface area contributed by atoms with Crippen LogP contribution in [0.3, 0.4) is 0 Å². The van der Waals surface area contributed by atoms with Crippen LogP contribution in [-0.2, 0) is 10.0 Å². The molecular weight excluding hydrogens is 280 g/mol. The van der Waals surface area contributed by atoms with E-state index in [2.05, 4.69) is 9.97 Å². The van der Waals surface area contributed by atoms with E-state index < -0.39 is 10.0 Å². The Morgan fingerprint density at radius 3 is 2.70 bits per heavy atom. The quantitative estimate of drug-likeness (QED) is 0.783. The topological polar surface area (TPSA) is 83.5 Å². The number of hydrogen-bond donors (Lipinski definition) is 0. The molecule has 8 heteroatoms. The molecular formula is C12H18N4O3S. The van der Waals surface area contributed by atoms with Crippen molar-refractivity contribution in [1.29, 1.82) is 0 Å². The smallest absolute Gasteiger partial charge is 0.274 e. The molecule has 20 heavy (non-hydrogen) atoms. The first kappa shape index (κ1) is 14.9. The number of hydrogen-bond acceptors (Lipinski definition) is 5. The molecule has 0 aromatic carbocycles. The largest absolute Gasteiger partial charge is 0.336 e. The molecule has 0 N–H and O–H groups in total. The second-order valence-electron chi connectivity index (χ2n) is 4.54. The molecule has 110 valence electrons. The zero-order valence-corrected chi connectivity index (χ0v) is 12.2. The third kappa shape index (κ3) is 3.31. The summed E-state index contributed by atoms with van der Waals surface area (Å²) in [6.07, 6.45) is 5.03. The number of carbonyl (C=O) groups excluding carboxylic acids is 1. The van der Waals surface area contributed by atoms with E-state index in [9.17, 15) is 13.2 Å². The first-order chi connectivity index (χ1) is 9.54. The summed E-state index contributed by atoms with van der Waals surface area (Å²) in [5.41, 5.74) is 0.291. The Labute approximate surface area is 118 Å². The van der Waals surface area contributed by atoms with Crippen LogP contribution in [0.1, 0.15) is 23.8 Å². The lowest BCUT2D eigenvalue weighted by Crippen LogP contribution is -2.38. The molecule has 1 fully saturated rings. The van der Waals surface area contributed by atoms with E-state index in [0.29, 0.717) is 38.3 Å². The van der Waals surface area contributed by atoms with Gasteiger partial charge in [-0.05, 0) is 13.3 Å². The number of aromatic nitrogens is 2. The van der Waals surface area contributed by atoms with Gasteiger partial charge < -0.3 is 4.90 Å². The van der Waals surface area contributed by atoms with E-state index in [0.717, 1.165) is 0 Å². The molecule has 0 atom stereocenters. The summed E-state index contributed by atoms with van der Waals surface area (Å²) in [5.74, 6) is -0.112. The molecule has 0 unspecified atom stereocenters. The first-order valence-corrected chi connectivity index (χ1v) is 8.18. The highest BCUT2D eigenvalue weighted by atomic mass is 32.2. The van der Waals surface area contributed by atoms with Crippen molar-refractivity contribution in [3.63, 3.8) is 0 Å². The lowest BCUT2D eigenvalue weighted by atomic mass is 10.3. The standard InChI is InChI=1S/C12H18N4O3S/c1-2-20(18,19)16-7-3-6-15(8-9-16)12(17)11-10-13-4-5-14-11/h4-5,10H,2-3,6-9H2,1H3. The molecule has 1 aromatic rings. The van der Waals surface area contributed by atoms with Gasteiger partial charge in [0, 0.05) is 38.6 Å². The zero-order chi connectivity index (χ0) is 14.6. The predicted octanol–water partition coefficient (Wildman–Crippen LogP) is -0.0258. The molecule has 0 radical (unpaired) electrons. The Bertz CT molecular complexity index is 561. The van der Waals surface area contributed by atoms with Gasteiger partial charge >= 0.3 is 0 Å². The minimum Gasteiger partial charge on any atom is -0.336 e. The Kier molecular flexibility index (Phi) is 4.66. The lowest BCUT2D eigenvalue weighted by molar-refractivity contribution is 0.0758. The molecule has 1 aliphatic rings. The summed E-state index contributed by atoms with van der Waals surface area (Å²) < 4.78 is 25.2. The second kappa shape index (κ2) is 6.27.